The van der Waals surface area contributed by atoms with Gasteiger partial charge in [0.1, 0.15) is 12.2 Å². The monoisotopic (exact) mass is 588 g/mol. The predicted octanol–water partition coefficient (Wildman–Crippen LogP) is 1.82. The number of sulfonamides is 1. The molecule has 2 aliphatic heterocycles. The van der Waals surface area contributed by atoms with Crippen molar-refractivity contribution in [3.05, 3.63) is 77.9 Å². The number of nitrogens with one attached hydrogen (secondary N) is 2. The molecule has 2 atom stereocenters. The number of hydrazine groups is 1. The number of carbonyl (C=O) groups is 3. The number of hydrogen-bond acceptors (Lipinski definition) is 6. The van der Waals surface area contributed by atoms with Crippen molar-refractivity contribution in [2.45, 2.75) is 25.2 Å². The molecule has 2 aliphatic rings. The lowest BCUT2D eigenvalue weighted by molar-refractivity contribution is -0.157. The molecule has 2 N–H and O–H groups in total. The number of amides is 4. The molecule has 2 saturated heterocycles. The molecule has 2 fully saturated rings. The summed E-state index contributed by atoms with van der Waals surface area (Å²) in [4.78, 5) is 43.6. The van der Waals surface area contributed by atoms with Crippen LogP contribution in [0.2, 0.25) is 0 Å². The minimum Gasteiger partial charge on any atom is -0.340 e. The summed E-state index contributed by atoms with van der Waals surface area (Å²) < 4.78 is 25.7. The number of benzene rings is 3. The lowest BCUT2D eigenvalue weighted by Crippen LogP contribution is -2.66. The number of terminal acetylenes is 1. The highest BCUT2D eigenvalue weighted by Gasteiger charge is 2.52. The van der Waals surface area contributed by atoms with E-state index in [9.17, 15) is 22.8 Å². The number of anilines is 1. The molecule has 3 aromatic carbocycles. The number of hydrogen-bond donors (Lipinski definition) is 2. The molecule has 2 heterocycles. The Morgan fingerprint density at radius 2 is 1.79 bits per heavy atom. The number of fused-ring (bicyclic) bond motifs is 2. The largest absolute Gasteiger partial charge is 0.340 e. The standard InChI is InChI=1S/C30H32N6O5S/c1-4-16-34(30(39)31-2)35-20-28(37)36-26(17-21-12-14-24(15-13-21)32-42(3,40)41)29(38)33(19-27(35)36)18-23-10-7-9-22-8-5-6-11-25(22)23/h1,5-15,26-27,32H,16-20H2,2-3H3,(H,31,39)/t26-,27+/m0/s1. The third-order valence-electron chi connectivity index (χ3n) is 7.49. The van der Waals surface area contributed by atoms with Crippen LogP contribution in [0.15, 0.2) is 66.7 Å². The summed E-state index contributed by atoms with van der Waals surface area (Å²) in [6, 6.07) is 19.3. The van der Waals surface area contributed by atoms with Gasteiger partial charge in [-0.25, -0.2) is 18.2 Å². The van der Waals surface area contributed by atoms with Crippen LogP contribution >= 0.6 is 0 Å². The molecule has 0 bridgehead atoms. The van der Waals surface area contributed by atoms with E-state index in [1.165, 1.54) is 12.1 Å². The zero-order valence-electron chi connectivity index (χ0n) is 23.4. The molecule has 0 aliphatic carbocycles. The van der Waals surface area contributed by atoms with Crippen molar-refractivity contribution in [2.24, 2.45) is 0 Å². The van der Waals surface area contributed by atoms with E-state index in [-0.39, 0.29) is 37.9 Å². The van der Waals surface area contributed by atoms with Gasteiger partial charge in [-0.3, -0.25) is 14.3 Å². The topological polar surface area (TPSA) is 122 Å². The lowest BCUT2D eigenvalue weighted by Gasteiger charge is -2.46. The Bertz CT molecular complexity index is 1660. The van der Waals surface area contributed by atoms with Gasteiger partial charge in [0.05, 0.1) is 25.9 Å². The van der Waals surface area contributed by atoms with Crippen LogP contribution in [0.3, 0.4) is 0 Å². The second-order valence-electron chi connectivity index (χ2n) is 10.3. The summed E-state index contributed by atoms with van der Waals surface area (Å²) in [7, 11) is -1.96. The average Bonchev–Trinajstić information content (AvgIpc) is 3.29. The summed E-state index contributed by atoms with van der Waals surface area (Å²) in [5.41, 5.74) is 2.11. The first-order valence-electron chi connectivity index (χ1n) is 13.4. The van der Waals surface area contributed by atoms with E-state index >= 15 is 0 Å². The molecule has 3 aromatic rings. The fraction of sp³-hybridized carbons (Fsp3) is 0.300. The second kappa shape index (κ2) is 11.7. The molecular weight excluding hydrogens is 556 g/mol. The third kappa shape index (κ3) is 5.88. The number of piperazine rings is 1. The maximum atomic E-state index is 14.1. The quantitative estimate of drug-likeness (QED) is 0.387. The van der Waals surface area contributed by atoms with Gasteiger partial charge in [-0.15, -0.1) is 6.42 Å². The van der Waals surface area contributed by atoms with Gasteiger partial charge in [0.15, 0.2) is 0 Å². The van der Waals surface area contributed by atoms with Crippen LogP contribution in [0.4, 0.5) is 10.5 Å². The van der Waals surface area contributed by atoms with Crippen LogP contribution in [-0.4, -0.2) is 91.2 Å². The first-order valence-corrected chi connectivity index (χ1v) is 15.3. The first-order chi connectivity index (χ1) is 20.1. The molecule has 12 heteroatoms. The zero-order valence-corrected chi connectivity index (χ0v) is 24.2. The molecule has 0 unspecified atom stereocenters. The predicted molar refractivity (Wildman–Crippen MR) is 159 cm³/mol. The Morgan fingerprint density at radius 1 is 1.07 bits per heavy atom. The van der Waals surface area contributed by atoms with Crippen LogP contribution in [0, 0.1) is 12.3 Å². The van der Waals surface area contributed by atoms with Crippen LogP contribution in [-0.2, 0) is 32.6 Å². The van der Waals surface area contributed by atoms with E-state index in [2.05, 4.69) is 16.0 Å². The van der Waals surface area contributed by atoms with Gasteiger partial charge >= 0.3 is 6.03 Å². The summed E-state index contributed by atoms with van der Waals surface area (Å²) in [5.74, 6) is 1.99. The Hall–Kier alpha value is -4.60. The van der Waals surface area contributed by atoms with E-state index < -0.39 is 28.3 Å². The van der Waals surface area contributed by atoms with Gasteiger partial charge in [0, 0.05) is 25.7 Å². The summed E-state index contributed by atoms with van der Waals surface area (Å²) >= 11 is 0. The van der Waals surface area contributed by atoms with Crippen LogP contribution < -0.4 is 10.0 Å². The molecule has 218 valence electrons. The summed E-state index contributed by atoms with van der Waals surface area (Å²) in [6.45, 7) is 0.339. The smallest absolute Gasteiger partial charge is 0.332 e. The van der Waals surface area contributed by atoms with Gasteiger partial charge in [-0.05, 0) is 34.0 Å². The Labute approximate surface area is 245 Å². The molecule has 0 spiro atoms. The van der Waals surface area contributed by atoms with Crippen molar-refractivity contribution in [3.8, 4) is 12.3 Å². The van der Waals surface area contributed by atoms with Gasteiger partial charge in [-0.2, -0.15) is 5.01 Å². The fourth-order valence-corrected chi connectivity index (χ4v) is 6.23. The molecule has 4 amide bonds. The van der Waals surface area contributed by atoms with Crippen molar-refractivity contribution >= 4 is 44.3 Å². The van der Waals surface area contributed by atoms with E-state index in [1.54, 1.807) is 39.1 Å². The van der Waals surface area contributed by atoms with E-state index in [1.807, 2.05) is 42.5 Å². The molecule has 0 radical (unpaired) electrons. The van der Waals surface area contributed by atoms with Crippen molar-refractivity contribution in [1.82, 2.24) is 25.1 Å². The van der Waals surface area contributed by atoms with Crippen molar-refractivity contribution in [2.75, 3.05) is 37.7 Å². The highest BCUT2D eigenvalue weighted by atomic mass is 32.2. The maximum Gasteiger partial charge on any atom is 0.332 e. The number of carbonyl (C=O) groups excluding carboxylic acids is 3. The zero-order chi connectivity index (χ0) is 30.0. The Kier molecular flexibility index (Phi) is 8.06. The minimum atomic E-state index is -3.45. The van der Waals surface area contributed by atoms with Gasteiger partial charge in [-0.1, -0.05) is 60.5 Å². The molecular formula is C30H32N6O5S. The van der Waals surface area contributed by atoms with E-state index in [0.29, 0.717) is 12.2 Å². The van der Waals surface area contributed by atoms with Gasteiger partial charge < -0.3 is 15.1 Å². The third-order valence-corrected chi connectivity index (χ3v) is 8.10. The molecule has 11 nitrogen and oxygen atoms in total. The minimum absolute atomic E-state index is 0.0476. The second-order valence-corrected chi connectivity index (χ2v) is 12.1. The van der Waals surface area contributed by atoms with E-state index in [0.717, 1.165) is 28.2 Å². The highest BCUT2D eigenvalue weighted by Crippen LogP contribution is 2.31. The van der Waals surface area contributed by atoms with Crippen molar-refractivity contribution in [3.63, 3.8) is 0 Å². The molecule has 5 rings (SSSR count). The normalized spacial score (nSPS) is 19.0. The Balaban J connectivity index is 1.50. The highest BCUT2D eigenvalue weighted by molar-refractivity contribution is 7.92. The van der Waals surface area contributed by atoms with Crippen molar-refractivity contribution < 1.29 is 22.8 Å². The van der Waals surface area contributed by atoms with Crippen LogP contribution in [0.25, 0.3) is 10.8 Å². The van der Waals surface area contributed by atoms with Crippen LogP contribution in [0.1, 0.15) is 11.1 Å². The summed E-state index contributed by atoms with van der Waals surface area (Å²) in [6.07, 6.45) is 6.23. The number of nitrogens with zero attached hydrogens (tertiary/aromatic N) is 4. The number of rotatable bonds is 8. The molecule has 0 saturated carbocycles. The van der Waals surface area contributed by atoms with Crippen LogP contribution in [0.5, 0.6) is 0 Å². The molecule has 0 aromatic heterocycles. The SMILES string of the molecule is C#CCN(C(=O)NC)N1CC(=O)N2[C@@H](Cc3ccc(NS(C)(=O)=O)cc3)C(=O)N(Cc3cccc4ccccc34)C[C@@H]21. The first kappa shape index (κ1) is 28.9. The Morgan fingerprint density at radius 3 is 2.48 bits per heavy atom. The fourth-order valence-electron chi connectivity index (χ4n) is 5.67. The van der Waals surface area contributed by atoms with E-state index in [4.69, 9.17) is 6.42 Å². The number of urea groups is 1. The molecule has 42 heavy (non-hydrogen) atoms. The van der Waals surface area contributed by atoms with Gasteiger partial charge in [0.25, 0.3) is 0 Å². The van der Waals surface area contributed by atoms with Gasteiger partial charge in [0.2, 0.25) is 21.8 Å². The lowest BCUT2D eigenvalue weighted by atomic mass is 9.99. The van der Waals surface area contributed by atoms with Crippen molar-refractivity contribution in [1.29, 1.82) is 0 Å². The summed E-state index contributed by atoms with van der Waals surface area (Å²) in [5, 5.41) is 7.63. The average molecular weight is 589 g/mol. The maximum absolute atomic E-state index is 14.1.